The van der Waals surface area contributed by atoms with Gasteiger partial charge in [0.25, 0.3) is 0 Å². The Bertz CT molecular complexity index is 530. The number of hydrogen-bond donors (Lipinski definition) is 2. The molecule has 1 aliphatic rings. The molecule has 1 saturated heterocycles. The highest BCUT2D eigenvalue weighted by Crippen LogP contribution is 2.16. The zero-order valence-electron chi connectivity index (χ0n) is 11.3. The van der Waals surface area contributed by atoms with Crippen LogP contribution in [0, 0.1) is 5.92 Å². The lowest BCUT2D eigenvalue weighted by Gasteiger charge is -2.13. The molecule has 1 unspecified atom stereocenters. The van der Waals surface area contributed by atoms with E-state index in [0.717, 1.165) is 6.54 Å². The van der Waals surface area contributed by atoms with E-state index in [1.807, 2.05) is 0 Å². The first-order valence-corrected chi connectivity index (χ1v) is 8.30. The third-order valence-electron chi connectivity index (χ3n) is 2.91. The molecule has 2 rings (SSSR count). The molecule has 0 radical (unpaired) electrons. The highest BCUT2D eigenvalue weighted by atomic mass is 32.2. The number of nitrogens with zero attached hydrogens (tertiary/aromatic N) is 2. The Kier molecular flexibility index (Phi) is 4.24. The summed E-state index contributed by atoms with van der Waals surface area (Å²) in [6.45, 7) is 5.03. The average Bonchev–Trinajstić information content (AvgIpc) is 2.66. The molecular formula is C12H20N4O2S. The van der Waals surface area contributed by atoms with Crippen molar-refractivity contribution in [3.05, 3.63) is 12.3 Å². The van der Waals surface area contributed by atoms with Gasteiger partial charge in [-0.25, -0.2) is 13.4 Å². The second-order valence-corrected chi connectivity index (χ2v) is 7.51. The summed E-state index contributed by atoms with van der Waals surface area (Å²) in [6.07, 6.45) is 2.31. The van der Waals surface area contributed by atoms with Crippen molar-refractivity contribution in [2.75, 3.05) is 28.7 Å². The minimum atomic E-state index is -2.87. The normalized spacial score (nSPS) is 21.5. The van der Waals surface area contributed by atoms with Gasteiger partial charge >= 0.3 is 0 Å². The molecule has 1 aromatic rings. The summed E-state index contributed by atoms with van der Waals surface area (Å²) in [5, 5.41) is 6.30. The monoisotopic (exact) mass is 284 g/mol. The van der Waals surface area contributed by atoms with E-state index >= 15 is 0 Å². The Hall–Kier alpha value is -1.37. The molecule has 1 aromatic heterocycles. The van der Waals surface area contributed by atoms with Crippen LogP contribution in [0.1, 0.15) is 20.3 Å². The molecule has 2 heterocycles. The lowest BCUT2D eigenvalue weighted by atomic mass is 10.2. The van der Waals surface area contributed by atoms with Crippen LogP contribution in [-0.4, -0.2) is 42.5 Å². The summed E-state index contributed by atoms with van der Waals surface area (Å²) in [7, 11) is -2.87. The second-order valence-electron chi connectivity index (χ2n) is 5.28. The van der Waals surface area contributed by atoms with Gasteiger partial charge in [0.15, 0.2) is 9.84 Å². The first-order chi connectivity index (χ1) is 8.94. The summed E-state index contributed by atoms with van der Waals surface area (Å²) in [6, 6.07) is 1.71. The predicted molar refractivity (Wildman–Crippen MR) is 76.0 cm³/mol. The van der Waals surface area contributed by atoms with Gasteiger partial charge in [-0.3, -0.25) is 0 Å². The van der Waals surface area contributed by atoms with E-state index in [9.17, 15) is 8.42 Å². The van der Waals surface area contributed by atoms with Gasteiger partial charge in [0, 0.05) is 18.8 Å². The molecule has 7 heteroatoms. The Morgan fingerprint density at radius 3 is 2.89 bits per heavy atom. The Balaban J connectivity index is 1.95. The van der Waals surface area contributed by atoms with E-state index < -0.39 is 9.84 Å². The Morgan fingerprint density at radius 1 is 1.47 bits per heavy atom. The van der Waals surface area contributed by atoms with Crippen LogP contribution in [0.5, 0.6) is 0 Å². The maximum Gasteiger partial charge on any atom is 0.224 e. The summed E-state index contributed by atoms with van der Waals surface area (Å²) in [5.41, 5.74) is 0. The van der Waals surface area contributed by atoms with Gasteiger partial charge in [0.1, 0.15) is 5.82 Å². The van der Waals surface area contributed by atoms with E-state index in [2.05, 4.69) is 34.4 Å². The van der Waals surface area contributed by atoms with Crippen LogP contribution in [0.3, 0.4) is 0 Å². The van der Waals surface area contributed by atoms with Gasteiger partial charge in [0.2, 0.25) is 5.95 Å². The SMILES string of the molecule is CC(C)CNc1nccc(NC2CCS(=O)(=O)C2)n1. The first-order valence-electron chi connectivity index (χ1n) is 6.48. The lowest BCUT2D eigenvalue weighted by molar-refractivity contribution is 0.602. The van der Waals surface area contributed by atoms with Crippen molar-refractivity contribution in [2.24, 2.45) is 5.92 Å². The third kappa shape index (κ3) is 4.34. The van der Waals surface area contributed by atoms with Crippen molar-refractivity contribution in [3.63, 3.8) is 0 Å². The van der Waals surface area contributed by atoms with Crippen molar-refractivity contribution in [3.8, 4) is 0 Å². The van der Waals surface area contributed by atoms with Crippen LogP contribution in [0.2, 0.25) is 0 Å². The Labute approximate surface area is 114 Å². The summed E-state index contributed by atoms with van der Waals surface area (Å²) in [5.74, 6) is 2.20. The van der Waals surface area contributed by atoms with Crippen LogP contribution in [-0.2, 0) is 9.84 Å². The lowest BCUT2D eigenvalue weighted by Crippen LogP contribution is -2.21. The van der Waals surface area contributed by atoms with Crippen molar-refractivity contribution in [1.29, 1.82) is 0 Å². The molecule has 106 valence electrons. The second kappa shape index (κ2) is 5.73. The molecule has 6 nitrogen and oxygen atoms in total. The minimum absolute atomic E-state index is 0.0437. The molecule has 1 aliphatic heterocycles. The zero-order valence-corrected chi connectivity index (χ0v) is 12.1. The van der Waals surface area contributed by atoms with Crippen LogP contribution < -0.4 is 10.6 Å². The molecular weight excluding hydrogens is 264 g/mol. The molecule has 0 aromatic carbocycles. The fourth-order valence-electron chi connectivity index (χ4n) is 1.94. The molecule has 1 fully saturated rings. The van der Waals surface area contributed by atoms with Crippen molar-refractivity contribution >= 4 is 21.6 Å². The largest absolute Gasteiger partial charge is 0.366 e. The predicted octanol–water partition coefficient (Wildman–Crippen LogP) is 1.14. The number of aromatic nitrogens is 2. The number of anilines is 2. The average molecular weight is 284 g/mol. The van der Waals surface area contributed by atoms with Gasteiger partial charge in [-0.2, -0.15) is 4.98 Å². The van der Waals surface area contributed by atoms with E-state index in [4.69, 9.17) is 0 Å². The Morgan fingerprint density at radius 2 is 2.26 bits per heavy atom. The van der Waals surface area contributed by atoms with Crippen LogP contribution in [0.4, 0.5) is 11.8 Å². The minimum Gasteiger partial charge on any atom is -0.366 e. The van der Waals surface area contributed by atoms with Crippen LogP contribution >= 0.6 is 0 Å². The zero-order chi connectivity index (χ0) is 13.9. The summed E-state index contributed by atoms with van der Waals surface area (Å²) >= 11 is 0. The number of hydrogen-bond acceptors (Lipinski definition) is 6. The summed E-state index contributed by atoms with van der Waals surface area (Å²) in [4.78, 5) is 8.46. The molecule has 2 N–H and O–H groups in total. The van der Waals surface area contributed by atoms with E-state index in [1.54, 1.807) is 12.3 Å². The molecule has 0 aliphatic carbocycles. The highest BCUT2D eigenvalue weighted by Gasteiger charge is 2.27. The van der Waals surface area contributed by atoms with Crippen molar-refractivity contribution in [2.45, 2.75) is 26.3 Å². The van der Waals surface area contributed by atoms with Gasteiger partial charge in [0.05, 0.1) is 11.5 Å². The fourth-order valence-corrected chi connectivity index (χ4v) is 3.61. The topological polar surface area (TPSA) is 84.0 Å². The van der Waals surface area contributed by atoms with Gasteiger partial charge in [-0.15, -0.1) is 0 Å². The van der Waals surface area contributed by atoms with Crippen LogP contribution in [0.15, 0.2) is 12.3 Å². The van der Waals surface area contributed by atoms with Gasteiger partial charge in [-0.05, 0) is 18.4 Å². The molecule has 1 atom stereocenters. The molecule has 0 amide bonds. The highest BCUT2D eigenvalue weighted by molar-refractivity contribution is 7.91. The molecule has 0 saturated carbocycles. The van der Waals surface area contributed by atoms with Crippen LogP contribution in [0.25, 0.3) is 0 Å². The number of nitrogens with one attached hydrogen (secondary N) is 2. The number of rotatable bonds is 5. The van der Waals surface area contributed by atoms with E-state index in [0.29, 0.717) is 24.1 Å². The maximum absolute atomic E-state index is 11.4. The standard InChI is InChI=1S/C12H20N4O2S/c1-9(2)7-14-12-13-5-3-11(16-12)15-10-4-6-19(17,18)8-10/h3,5,9-10H,4,6-8H2,1-2H3,(H2,13,14,15,16). The van der Waals surface area contributed by atoms with Crippen molar-refractivity contribution in [1.82, 2.24) is 9.97 Å². The first kappa shape index (κ1) is 14.0. The smallest absolute Gasteiger partial charge is 0.224 e. The summed E-state index contributed by atoms with van der Waals surface area (Å²) < 4.78 is 22.8. The third-order valence-corrected chi connectivity index (χ3v) is 4.68. The number of sulfone groups is 1. The van der Waals surface area contributed by atoms with E-state index in [1.165, 1.54) is 0 Å². The fraction of sp³-hybridized carbons (Fsp3) is 0.667. The molecule has 19 heavy (non-hydrogen) atoms. The maximum atomic E-state index is 11.4. The molecule has 0 bridgehead atoms. The van der Waals surface area contributed by atoms with Crippen molar-refractivity contribution < 1.29 is 8.42 Å². The van der Waals surface area contributed by atoms with Gasteiger partial charge < -0.3 is 10.6 Å². The molecule has 0 spiro atoms. The van der Waals surface area contributed by atoms with Gasteiger partial charge in [-0.1, -0.05) is 13.8 Å². The quantitative estimate of drug-likeness (QED) is 0.843. The van der Waals surface area contributed by atoms with E-state index in [-0.39, 0.29) is 17.5 Å².